The van der Waals surface area contributed by atoms with Crippen molar-refractivity contribution in [3.63, 3.8) is 0 Å². The predicted molar refractivity (Wildman–Crippen MR) is 173 cm³/mol. The van der Waals surface area contributed by atoms with Crippen LogP contribution in [0.25, 0.3) is 0 Å². The Balaban J connectivity index is 1.76. The zero-order valence-corrected chi connectivity index (χ0v) is 27.4. The van der Waals surface area contributed by atoms with Crippen molar-refractivity contribution in [3.05, 3.63) is 93.0 Å². The van der Waals surface area contributed by atoms with Gasteiger partial charge in [0.25, 0.3) is 10.0 Å². The van der Waals surface area contributed by atoms with Gasteiger partial charge in [0.2, 0.25) is 11.8 Å². The van der Waals surface area contributed by atoms with Gasteiger partial charge < -0.3 is 10.2 Å². The second kappa shape index (κ2) is 14.1. The van der Waals surface area contributed by atoms with E-state index >= 15 is 0 Å². The smallest absolute Gasteiger partial charge is 0.264 e. The molecule has 1 aliphatic rings. The summed E-state index contributed by atoms with van der Waals surface area (Å²) in [6.07, 6.45) is 4.23. The number of rotatable bonds is 11. The molecule has 1 fully saturated rings. The van der Waals surface area contributed by atoms with Crippen LogP contribution in [0.15, 0.2) is 65.6 Å². The number of nitrogens with one attached hydrogen (secondary N) is 1. The van der Waals surface area contributed by atoms with Crippen molar-refractivity contribution in [2.45, 2.75) is 83.3 Å². The minimum absolute atomic E-state index is 0.0106. The number of carbonyl (C=O) groups excluding carboxylic acids is 2. The highest BCUT2D eigenvalue weighted by Gasteiger charge is 2.35. The molecular weight excluding hydrogens is 605 g/mol. The van der Waals surface area contributed by atoms with Crippen LogP contribution in [0.4, 0.5) is 5.69 Å². The molecule has 43 heavy (non-hydrogen) atoms. The van der Waals surface area contributed by atoms with Crippen LogP contribution in [-0.4, -0.2) is 43.8 Å². The average molecular weight is 645 g/mol. The summed E-state index contributed by atoms with van der Waals surface area (Å²) in [5.41, 5.74) is 3.59. The molecule has 1 saturated carbocycles. The van der Waals surface area contributed by atoms with Gasteiger partial charge in [-0.25, -0.2) is 8.42 Å². The van der Waals surface area contributed by atoms with Gasteiger partial charge in [0, 0.05) is 22.6 Å². The number of nitrogens with zero attached hydrogens (tertiary/aromatic N) is 2. The van der Waals surface area contributed by atoms with Gasteiger partial charge in [-0.3, -0.25) is 13.9 Å². The van der Waals surface area contributed by atoms with Gasteiger partial charge in [0.1, 0.15) is 12.6 Å². The van der Waals surface area contributed by atoms with Gasteiger partial charge in [-0.05, 0) is 81.5 Å². The number of hydrogen-bond acceptors (Lipinski definition) is 4. The standard InChI is InChI=1S/C33H39Cl2N3O4S/c1-5-30(33(40)36-27-8-6-7-9-27)37(20-25-13-14-26(34)19-29(25)35)32(39)21-38(31-17-12-23(3)18-24(31)4)43(41,42)28-15-10-22(2)11-16-28/h10-19,27,30H,5-9,20-21H2,1-4H3,(H,36,40). The van der Waals surface area contributed by atoms with Crippen LogP contribution in [0.2, 0.25) is 10.0 Å². The van der Waals surface area contributed by atoms with E-state index in [0.717, 1.165) is 41.1 Å². The Hall–Kier alpha value is -3.07. The van der Waals surface area contributed by atoms with Gasteiger partial charge in [-0.15, -0.1) is 0 Å². The van der Waals surface area contributed by atoms with E-state index in [4.69, 9.17) is 23.2 Å². The lowest BCUT2D eigenvalue weighted by Gasteiger charge is -2.34. The molecule has 1 atom stereocenters. The average Bonchev–Trinajstić information content (AvgIpc) is 3.46. The highest BCUT2D eigenvalue weighted by atomic mass is 35.5. The third kappa shape index (κ3) is 7.91. The van der Waals surface area contributed by atoms with Crippen molar-refractivity contribution in [1.82, 2.24) is 10.2 Å². The predicted octanol–water partition coefficient (Wildman–Crippen LogP) is 6.98. The van der Waals surface area contributed by atoms with Crippen LogP contribution in [0.3, 0.4) is 0 Å². The summed E-state index contributed by atoms with van der Waals surface area (Å²) in [5, 5.41) is 3.92. The molecule has 0 bridgehead atoms. The molecular formula is C33H39Cl2N3O4S. The first-order valence-electron chi connectivity index (χ1n) is 14.6. The zero-order valence-electron chi connectivity index (χ0n) is 25.1. The van der Waals surface area contributed by atoms with E-state index in [1.165, 1.54) is 4.90 Å². The van der Waals surface area contributed by atoms with Crippen LogP contribution < -0.4 is 9.62 Å². The molecule has 0 aliphatic heterocycles. The minimum atomic E-state index is -4.15. The van der Waals surface area contributed by atoms with Crippen molar-refractivity contribution in [3.8, 4) is 0 Å². The van der Waals surface area contributed by atoms with E-state index in [1.807, 2.05) is 39.8 Å². The van der Waals surface area contributed by atoms with E-state index < -0.39 is 28.5 Å². The molecule has 3 aromatic rings. The van der Waals surface area contributed by atoms with Crippen LogP contribution in [-0.2, 0) is 26.2 Å². The first-order chi connectivity index (χ1) is 20.4. The summed E-state index contributed by atoms with van der Waals surface area (Å²) >= 11 is 12.6. The highest BCUT2D eigenvalue weighted by Crippen LogP contribution is 2.30. The molecule has 10 heteroatoms. The maximum atomic E-state index is 14.3. The number of amides is 2. The number of anilines is 1. The Bertz CT molecular complexity index is 1570. The molecule has 2 amide bonds. The molecule has 7 nitrogen and oxygen atoms in total. The largest absolute Gasteiger partial charge is 0.352 e. The lowest BCUT2D eigenvalue weighted by Crippen LogP contribution is -2.53. The number of hydrogen-bond donors (Lipinski definition) is 1. The Morgan fingerprint density at radius 2 is 1.58 bits per heavy atom. The zero-order chi connectivity index (χ0) is 31.3. The molecule has 0 aromatic heterocycles. The summed E-state index contributed by atoms with van der Waals surface area (Å²) in [5.74, 6) is -0.776. The van der Waals surface area contributed by atoms with Gasteiger partial charge in [-0.2, -0.15) is 0 Å². The third-order valence-corrected chi connectivity index (χ3v) is 10.3. The molecule has 1 N–H and O–H groups in total. The summed E-state index contributed by atoms with van der Waals surface area (Å²) in [4.78, 5) is 29.5. The molecule has 1 unspecified atom stereocenters. The van der Waals surface area contributed by atoms with Crippen molar-refractivity contribution >= 4 is 50.7 Å². The van der Waals surface area contributed by atoms with Crippen LogP contribution in [0.1, 0.15) is 61.3 Å². The highest BCUT2D eigenvalue weighted by molar-refractivity contribution is 7.92. The fraction of sp³-hybridized carbons (Fsp3) is 0.394. The van der Waals surface area contributed by atoms with E-state index in [2.05, 4.69) is 5.32 Å². The van der Waals surface area contributed by atoms with Gasteiger partial charge in [0.15, 0.2) is 0 Å². The number of aryl methyl sites for hydroxylation is 3. The molecule has 230 valence electrons. The van der Waals surface area contributed by atoms with Gasteiger partial charge in [0.05, 0.1) is 10.6 Å². The van der Waals surface area contributed by atoms with Crippen LogP contribution in [0.5, 0.6) is 0 Å². The Labute approximate surface area is 265 Å². The summed E-state index contributed by atoms with van der Waals surface area (Å²) in [7, 11) is -4.15. The van der Waals surface area contributed by atoms with E-state index in [-0.39, 0.29) is 23.4 Å². The van der Waals surface area contributed by atoms with E-state index in [9.17, 15) is 18.0 Å². The fourth-order valence-electron chi connectivity index (χ4n) is 5.56. The molecule has 0 heterocycles. The Morgan fingerprint density at radius 1 is 0.930 bits per heavy atom. The number of carbonyl (C=O) groups is 2. The lowest BCUT2D eigenvalue weighted by molar-refractivity contribution is -0.140. The molecule has 0 radical (unpaired) electrons. The Morgan fingerprint density at radius 3 is 2.19 bits per heavy atom. The maximum absolute atomic E-state index is 14.3. The van der Waals surface area contributed by atoms with E-state index in [1.54, 1.807) is 48.5 Å². The second-order valence-corrected chi connectivity index (χ2v) is 14.0. The van der Waals surface area contributed by atoms with Crippen LogP contribution in [0, 0.1) is 20.8 Å². The van der Waals surface area contributed by atoms with Crippen LogP contribution >= 0.6 is 23.2 Å². The van der Waals surface area contributed by atoms with Crippen molar-refractivity contribution in [2.24, 2.45) is 0 Å². The van der Waals surface area contributed by atoms with Gasteiger partial charge in [-0.1, -0.05) is 84.4 Å². The SMILES string of the molecule is CCC(C(=O)NC1CCCC1)N(Cc1ccc(Cl)cc1Cl)C(=O)CN(c1ccc(C)cc1C)S(=O)(=O)c1ccc(C)cc1. The molecule has 4 rings (SSSR count). The Kier molecular flexibility index (Phi) is 10.8. The number of sulfonamides is 1. The van der Waals surface area contributed by atoms with E-state index in [0.29, 0.717) is 33.3 Å². The molecule has 0 spiro atoms. The number of halogens is 2. The summed E-state index contributed by atoms with van der Waals surface area (Å²) < 4.78 is 29.4. The van der Waals surface area contributed by atoms with Crippen molar-refractivity contribution in [2.75, 3.05) is 10.8 Å². The number of benzene rings is 3. The summed E-state index contributed by atoms with van der Waals surface area (Å²) in [6, 6.07) is 16.2. The molecule has 3 aromatic carbocycles. The third-order valence-electron chi connectivity index (χ3n) is 7.95. The maximum Gasteiger partial charge on any atom is 0.264 e. The quantitative estimate of drug-likeness (QED) is 0.244. The first-order valence-corrected chi connectivity index (χ1v) is 16.8. The summed E-state index contributed by atoms with van der Waals surface area (Å²) in [6.45, 7) is 6.97. The lowest BCUT2D eigenvalue weighted by atomic mass is 10.1. The first kappa shape index (κ1) is 32.8. The topological polar surface area (TPSA) is 86.8 Å². The fourth-order valence-corrected chi connectivity index (χ4v) is 7.50. The second-order valence-electron chi connectivity index (χ2n) is 11.3. The monoisotopic (exact) mass is 643 g/mol. The molecule has 0 saturated heterocycles. The normalized spacial score (nSPS) is 14.4. The minimum Gasteiger partial charge on any atom is -0.352 e. The van der Waals surface area contributed by atoms with Gasteiger partial charge >= 0.3 is 0 Å². The molecule has 1 aliphatic carbocycles. The van der Waals surface area contributed by atoms with Crippen molar-refractivity contribution in [1.29, 1.82) is 0 Å². The van der Waals surface area contributed by atoms with Crippen molar-refractivity contribution < 1.29 is 18.0 Å².